The highest BCUT2D eigenvalue weighted by molar-refractivity contribution is 7.11. The molecule has 1 aromatic carbocycles. The molecule has 0 unspecified atom stereocenters. The lowest BCUT2D eigenvalue weighted by Gasteiger charge is -2.21. The number of hydrogen-bond donors (Lipinski definition) is 0. The molecule has 8 heteroatoms. The predicted octanol–water partition coefficient (Wildman–Crippen LogP) is 4.68. The lowest BCUT2D eigenvalue weighted by molar-refractivity contribution is -0.119. The summed E-state index contributed by atoms with van der Waals surface area (Å²) in [6.45, 7) is 9.59. The van der Waals surface area contributed by atoms with E-state index in [2.05, 4.69) is 23.3 Å². The summed E-state index contributed by atoms with van der Waals surface area (Å²) in [5, 5.41) is 6.76. The molecule has 1 amide bonds. The number of fused-ring (bicyclic) bond motifs is 1. The Morgan fingerprint density at radius 1 is 1.39 bits per heavy atom. The number of hydrogen-bond acceptors (Lipinski definition) is 5. The molecular formula is C20H25ClN4O2S. The van der Waals surface area contributed by atoms with Gasteiger partial charge in [0, 0.05) is 24.7 Å². The molecule has 3 aromatic rings. The van der Waals surface area contributed by atoms with E-state index in [1.165, 1.54) is 11.5 Å². The van der Waals surface area contributed by atoms with Gasteiger partial charge in [0.15, 0.2) is 0 Å². The minimum absolute atomic E-state index is 0.0760. The van der Waals surface area contributed by atoms with Gasteiger partial charge in [0.25, 0.3) is 0 Å². The third kappa shape index (κ3) is 4.71. The highest BCUT2D eigenvalue weighted by atomic mass is 35.5. The van der Waals surface area contributed by atoms with E-state index in [4.69, 9.17) is 16.3 Å². The van der Waals surface area contributed by atoms with E-state index in [0.29, 0.717) is 22.5 Å². The van der Waals surface area contributed by atoms with Crippen molar-refractivity contribution in [3.05, 3.63) is 40.7 Å². The van der Waals surface area contributed by atoms with Gasteiger partial charge in [0.2, 0.25) is 5.91 Å². The minimum Gasteiger partial charge on any atom is -0.361 e. The Labute approximate surface area is 174 Å². The predicted molar refractivity (Wildman–Crippen MR) is 114 cm³/mol. The number of nitrogens with zero attached hydrogens (tertiary/aromatic N) is 4. The zero-order chi connectivity index (χ0) is 20.3. The molecule has 0 spiro atoms. The van der Waals surface area contributed by atoms with Crippen molar-refractivity contribution in [1.82, 2.24) is 14.2 Å². The van der Waals surface area contributed by atoms with Crippen molar-refractivity contribution in [2.45, 2.75) is 40.7 Å². The molecule has 28 heavy (non-hydrogen) atoms. The fraction of sp³-hybridized carbons (Fsp3) is 0.450. The fourth-order valence-corrected chi connectivity index (χ4v) is 4.01. The molecular weight excluding hydrogens is 396 g/mol. The van der Waals surface area contributed by atoms with Crippen LogP contribution in [0.25, 0.3) is 10.9 Å². The Bertz CT molecular complexity index is 966. The van der Waals surface area contributed by atoms with Crippen LogP contribution in [0.5, 0.6) is 0 Å². The van der Waals surface area contributed by atoms with Crippen molar-refractivity contribution < 1.29 is 9.53 Å². The normalized spacial score (nSPS) is 11.5. The lowest BCUT2D eigenvalue weighted by Crippen LogP contribution is -2.34. The monoisotopic (exact) mass is 420 g/mol. The van der Waals surface area contributed by atoms with Crippen LogP contribution in [0.3, 0.4) is 0 Å². The maximum atomic E-state index is 13.0. The van der Waals surface area contributed by atoms with Gasteiger partial charge < -0.3 is 4.74 Å². The molecule has 0 fully saturated rings. The third-order valence-corrected chi connectivity index (χ3v) is 5.80. The molecule has 0 aliphatic carbocycles. The van der Waals surface area contributed by atoms with Gasteiger partial charge in [-0.25, -0.2) is 0 Å². The van der Waals surface area contributed by atoms with E-state index in [1.807, 2.05) is 42.9 Å². The molecule has 0 aliphatic rings. The molecule has 0 saturated carbocycles. The number of benzene rings is 1. The summed E-state index contributed by atoms with van der Waals surface area (Å²) in [5.74, 6) is 0.447. The second-order valence-corrected chi connectivity index (χ2v) is 8.28. The third-order valence-electron chi connectivity index (χ3n) is 4.27. The Balaban J connectivity index is 1.81. The van der Waals surface area contributed by atoms with Gasteiger partial charge in [-0.3, -0.25) is 14.4 Å². The summed E-state index contributed by atoms with van der Waals surface area (Å²) in [7, 11) is 0. The van der Waals surface area contributed by atoms with E-state index in [9.17, 15) is 4.79 Å². The Morgan fingerprint density at radius 2 is 2.18 bits per heavy atom. The van der Waals surface area contributed by atoms with Crippen LogP contribution in [0.4, 0.5) is 5.00 Å². The van der Waals surface area contributed by atoms with Gasteiger partial charge in [0.1, 0.15) is 11.7 Å². The first-order valence-electron chi connectivity index (χ1n) is 9.35. The standard InChI is InChI=1S/C20H25ClN4O2S/c1-5-27-12-25(20-19(21)14(4)23-28-20)18(26)9-15-6-7-17-16(8-15)11-24(22-17)10-13(2)3/h6-8,11,13H,5,9-10,12H2,1-4H3. The van der Waals surface area contributed by atoms with Crippen LogP contribution in [-0.2, 0) is 22.5 Å². The van der Waals surface area contributed by atoms with Crippen molar-refractivity contribution >= 4 is 44.9 Å². The number of amides is 1. The summed E-state index contributed by atoms with van der Waals surface area (Å²) in [6, 6.07) is 5.94. The molecule has 6 nitrogen and oxygen atoms in total. The maximum absolute atomic E-state index is 13.0. The van der Waals surface area contributed by atoms with Crippen LogP contribution in [0.1, 0.15) is 32.0 Å². The Kier molecular flexibility index (Phi) is 6.69. The van der Waals surface area contributed by atoms with Crippen LogP contribution >= 0.6 is 23.1 Å². The number of carbonyl (C=O) groups is 1. The van der Waals surface area contributed by atoms with Crippen LogP contribution in [0, 0.1) is 12.8 Å². The van der Waals surface area contributed by atoms with Gasteiger partial charge >= 0.3 is 0 Å². The number of aryl methyl sites for hydroxylation is 1. The average Bonchev–Trinajstić information content (AvgIpc) is 3.18. The van der Waals surface area contributed by atoms with Gasteiger partial charge in [-0.2, -0.15) is 9.47 Å². The highest BCUT2D eigenvalue weighted by Gasteiger charge is 2.22. The second kappa shape index (κ2) is 9.03. The number of halogens is 1. The topological polar surface area (TPSA) is 60.2 Å². The molecule has 0 bridgehead atoms. The SMILES string of the molecule is CCOCN(C(=O)Cc1ccc2nn(CC(C)C)cc2c1)c1snc(C)c1Cl. The highest BCUT2D eigenvalue weighted by Crippen LogP contribution is 2.33. The summed E-state index contributed by atoms with van der Waals surface area (Å²) in [5.41, 5.74) is 2.58. The number of ether oxygens (including phenoxy) is 1. The first-order chi connectivity index (χ1) is 13.4. The molecule has 0 saturated heterocycles. The number of carbonyl (C=O) groups excluding carboxylic acids is 1. The van der Waals surface area contributed by atoms with E-state index in [0.717, 1.165) is 28.7 Å². The lowest BCUT2D eigenvalue weighted by atomic mass is 10.1. The molecule has 0 atom stereocenters. The number of aromatic nitrogens is 3. The van der Waals surface area contributed by atoms with Crippen LogP contribution in [0.2, 0.25) is 5.02 Å². The smallest absolute Gasteiger partial charge is 0.234 e. The van der Waals surface area contributed by atoms with Gasteiger partial charge in [0.05, 0.1) is 22.7 Å². The number of anilines is 1. The summed E-state index contributed by atoms with van der Waals surface area (Å²) < 4.78 is 11.7. The van der Waals surface area contributed by atoms with Gasteiger partial charge in [-0.05, 0) is 49.0 Å². The van der Waals surface area contributed by atoms with E-state index in [-0.39, 0.29) is 19.1 Å². The molecule has 0 radical (unpaired) electrons. The molecule has 0 N–H and O–H groups in total. The van der Waals surface area contributed by atoms with Crippen LogP contribution < -0.4 is 4.90 Å². The first kappa shape index (κ1) is 20.8. The van der Waals surface area contributed by atoms with Gasteiger partial charge in [-0.15, -0.1) is 0 Å². The molecule has 2 heterocycles. The molecule has 2 aromatic heterocycles. The second-order valence-electron chi connectivity index (χ2n) is 7.15. The largest absolute Gasteiger partial charge is 0.361 e. The van der Waals surface area contributed by atoms with Crippen molar-refractivity contribution in [2.24, 2.45) is 5.92 Å². The Morgan fingerprint density at radius 3 is 2.82 bits per heavy atom. The fourth-order valence-electron chi connectivity index (χ4n) is 2.91. The van der Waals surface area contributed by atoms with Crippen molar-refractivity contribution in [1.29, 1.82) is 0 Å². The van der Waals surface area contributed by atoms with Crippen LogP contribution in [-0.4, -0.2) is 33.4 Å². The maximum Gasteiger partial charge on any atom is 0.234 e. The molecule has 3 rings (SSSR count). The van der Waals surface area contributed by atoms with Gasteiger partial charge in [-0.1, -0.05) is 31.5 Å². The van der Waals surface area contributed by atoms with E-state index in [1.54, 1.807) is 4.90 Å². The number of rotatable bonds is 8. The van der Waals surface area contributed by atoms with E-state index < -0.39 is 0 Å². The van der Waals surface area contributed by atoms with Crippen molar-refractivity contribution in [3.8, 4) is 0 Å². The zero-order valence-electron chi connectivity index (χ0n) is 16.6. The van der Waals surface area contributed by atoms with E-state index >= 15 is 0 Å². The minimum atomic E-state index is -0.0760. The first-order valence-corrected chi connectivity index (χ1v) is 10.5. The zero-order valence-corrected chi connectivity index (χ0v) is 18.2. The van der Waals surface area contributed by atoms with Crippen molar-refractivity contribution in [3.63, 3.8) is 0 Å². The van der Waals surface area contributed by atoms with Crippen LogP contribution in [0.15, 0.2) is 24.4 Å². The summed E-state index contributed by atoms with van der Waals surface area (Å²) >= 11 is 7.55. The molecule has 0 aliphatic heterocycles. The molecule has 150 valence electrons. The Hall–Kier alpha value is -1.96. The summed E-state index contributed by atoms with van der Waals surface area (Å²) in [6.07, 6.45) is 2.29. The van der Waals surface area contributed by atoms with Crippen molar-refractivity contribution in [2.75, 3.05) is 18.2 Å². The average molecular weight is 421 g/mol. The quantitative estimate of drug-likeness (QED) is 0.496. The summed E-state index contributed by atoms with van der Waals surface area (Å²) in [4.78, 5) is 14.6.